The summed E-state index contributed by atoms with van der Waals surface area (Å²) in [5.74, 6) is 0.832. The summed E-state index contributed by atoms with van der Waals surface area (Å²) in [6, 6.07) is 9.59. The van der Waals surface area contributed by atoms with Crippen molar-refractivity contribution in [2.24, 2.45) is 0 Å². The van der Waals surface area contributed by atoms with Crippen molar-refractivity contribution in [3.05, 3.63) is 41.5 Å². The van der Waals surface area contributed by atoms with Gasteiger partial charge in [0.15, 0.2) is 17.1 Å². The third-order valence-corrected chi connectivity index (χ3v) is 4.61. The predicted octanol–water partition coefficient (Wildman–Crippen LogP) is 5.80. The van der Waals surface area contributed by atoms with Gasteiger partial charge in [0.05, 0.1) is 12.7 Å². The summed E-state index contributed by atoms with van der Waals surface area (Å²) in [5.41, 5.74) is 4.34. The molecule has 3 aromatic rings. The molecule has 4 nitrogen and oxygen atoms in total. The van der Waals surface area contributed by atoms with Gasteiger partial charge < -0.3 is 14.3 Å². The molecule has 0 amide bonds. The maximum atomic E-state index is 10.5. The molecule has 1 heterocycles. The lowest BCUT2D eigenvalue weighted by Crippen LogP contribution is -2.16. The van der Waals surface area contributed by atoms with Crippen LogP contribution in [0.2, 0.25) is 0 Å². The van der Waals surface area contributed by atoms with E-state index in [9.17, 15) is 5.11 Å². The number of ether oxygens (including phenoxy) is 1. The van der Waals surface area contributed by atoms with Crippen LogP contribution in [0.5, 0.6) is 11.5 Å². The van der Waals surface area contributed by atoms with E-state index in [0.717, 1.165) is 16.7 Å². The van der Waals surface area contributed by atoms with E-state index in [4.69, 9.17) is 9.15 Å². The quantitative estimate of drug-likeness (QED) is 0.632. The van der Waals surface area contributed by atoms with E-state index in [2.05, 4.69) is 58.7 Å². The largest absolute Gasteiger partial charge is 0.504 e. The Kier molecular flexibility index (Phi) is 4.26. The highest BCUT2D eigenvalue weighted by atomic mass is 16.5. The number of phenolic OH excluding ortho intramolecular Hbond substituents is 1. The Bertz CT molecular complexity index is 956. The number of hydrogen-bond donors (Lipinski definition) is 1. The first-order valence-electron chi connectivity index (χ1n) is 8.84. The Morgan fingerprint density at radius 3 is 2.27 bits per heavy atom. The monoisotopic (exact) mass is 353 g/mol. The lowest BCUT2D eigenvalue weighted by Gasteiger charge is -2.24. The first-order chi connectivity index (χ1) is 12.0. The number of hydrogen-bond acceptors (Lipinski definition) is 4. The molecule has 0 radical (unpaired) electrons. The molecule has 0 aliphatic rings. The van der Waals surface area contributed by atoms with Gasteiger partial charge in [-0.05, 0) is 34.6 Å². The summed E-state index contributed by atoms with van der Waals surface area (Å²) in [4.78, 5) is 4.69. The summed E-state index contributed by atoms with van der Waals surface area (Å²) < 4.78 is 11.3. The van der Waals surface area contributed by atoms with Crippen LogP contribution in [0.15, 0.2) is 34.7 Å². The molecule has 0 fully saturated rings. The smallest absolute Gasteiger partial charge is 0.231 e. The third kappa shape index (κ3) is 3.16. The van der Waals surface area contributed by atoms with Crippen molar-refractivity contribution >= 4 is 11.1 Å². The second-order valence-electron chi connectivity index (χ2n) is 8.75. The number of aromatic hydroxyl groups is 1. The van der Waals surface area contributed by atoms with Gasteiger partial charge in [-0.2, -0.15) is 0 Å². The molecule has 0 bridgehead atoms. The molecule has 2 aromatic carbocycles. The Labute approximate surface area is 154 Å². The number of oxazole rings is 1. The van der Waals surface area contributed by atoms with Crippen LogP contribution in [0.1, 0.15) is 52.7 Å². The molecule has 0 saturated carbocycles. The average Bonchev–Trinajstić information content (AvgIpc) is 2.95. The molecule has 0 spiro atoms. The van der Waals surface area contributed by atoms with Crippen molar-refractivity contribution in [1.29, 1.82) is 0 Å². The molecule has 0 saturated heterocycles. The number of nitrogens with zero attached hydrogens (tertiary/aromatic N) is 1. The van der Waals surface area contributed by atoms with Crippen LogP contribution < -0.4 is 4.74 Å². The van der Waals surface area contributed by atoms with Gasteiger partial charge in [0.25, 0.3) is 0 Å². The molecule has 1 N–H and O–H groups in total. The number of benzene rings is 2. The minimum atomic E-state index is -0.0905. The van der Waals surface area contributed by atoms with Crippen LogP contribution in [-0.4, -0.2) is 17.2 Å². The zero-order chi connectivity index (χ0) is 19.3. The first-order valence-corrected chi connectivity index (χ1v) is 8.84. The maximum absolute atomic E-state index is 10.5. The summed E-state index contributed by atoms with van der Waals surface area (Å²) in [7, 11) is 1.53. The van der Waals surface area contributed by atoms with Gasteiger partial charge in [-0.25, -0.2) is 4.98 Å². The molecule has 0 unspecified atom stereocenters. The highest BCUT2D eigenvalue weighted by molar-refractivity contribution is 5.83. The molecular weight excluding hydrogens is 326 g/mol. The van der Waals surface area contributed by atoms with E-state index in [1.807, 2.05) is 6.07 Å². The van der Waals surface area contributed by atoms with Gasteiger partial charge in [-0.1, -0.05) is 53.7 Å². The molecule has 138 valence electrons. The molecule has 0 aliphatic heterocycles. The number of aromatic nitrogens is 1. The average molecular weight is 353 g/mol. The highest BCUT2D eigenvalue weighted by Gasteiger charge is 2.26. The van der Waals surface area contributed by atoms with Crippen LogP contribution in [-0.2, 0) is 10.8 Å². The van der Waals surface area contributed by atoms with Crippen molar-refractivity contribution in [2.75, 3.05) is 7.11 Å². The van der Waals surface area contributed by atoms with E-state index in [0.29, 0.717) is 17.2 Å². The number of para-hydroxylation sites is 1. The number of fused-ring (bicyclic) bond motifs is 1. The van der Waals surface area contributed by atoms with E-state index in [1.54, 1.807) is 12.1 Å². The topological polar surface area (TPSA) is 55.5 Å². The minimum Gasteiger partial charge on any atom is -0.504 e. The van der Waals surface area contributed by atoms with Gasteiger partial charge in [-0.3, -0.25) is 0 Å². The van der Waals surface area contributed by atoms with Crippen LogP contribution in [0.4, 0.5) is 0 Å². The molecule has 1 aromatic heterocycles. The summed E-state index contributed by atoms with van der Waals surface area (Å²) in [5, 5.41) is 10.5. The Morgan fingerprint density at radius 2 is 1.69 bits per heavy atom. The van der Waals surface area contributed by atoms with Crippen molar-refractivity contribution < 1.29 is 14.3 Å². The molecule has 26 heavy (non-hydrogen) atoms. The van der Waals surface area contributed by atoms with Crippen molar-refractivity contribution in [2.45, 2.75) is 52.4 Å². The standard InChI is InChI=1S/C22H27NO3/c1-21(2,3)13-11-15(22(4,5)6)19-16(12-13)23-20(26-19)14-9-8-10-17(25-7)18(14)24/h8-12,24H,1-7H3. The Hall–Kier alpha value is -2.49. The predicted molar refractivity (Wildman–Crippen MR) is 105 cm³/mol. The Morgan fingerprint density at radius 1 is 1.00 bits per heavy atom. The minimum absolute atomic E-state index is 0.00537. The molecule has 4 heteroatoms. The fourth-order valence-corrected chi connectivity index (χ4v) is 3.00. The molecular formula is C22H27NO3. The second-order valence-corrected chi connectivity index (χ2v) is 8.75. The van der Waals surface area contributed by atoms with E-state index in [1.165, 1.54) is 12.7 Å². The third-order valence-electron chi connectivity index (χ3n) is 4.61. The van der Waals surface area contributed by atoms with Crippen LogP contribution >= 0.6 is 0 Å². The van der Waals surface area contributed by atoms with Gasteiger partial charge >= 0.3 is 0 Å². The van der Waals surface area contributed by atoms with Crippen LogP contribution in [0.3, 0.4) is 0 Å². The molecule has 0 atom stereocenters. The van der Waals surface area contributed by atoms with Crippen LogP contribution in [0, 0.1) is 0 Å². The maximum Gasteiger partial charge on any atom is 0.231 e. The summed E-state index contributed by atoms with van der Waals surface area (Å²) in [6.07, 6.45) is 0. The van der Waals surface area contributed by atoms with E-state index < -0.39 is 0 Å². The van der Waals surface area contributed by atoms with E-state index in [-0.39, 0.29) is 16.6 Å². The van der Waals surface area contributed by atoms with Crippen molar-refractivity contribution in [1.82, 2.24) is 4.98 Å². The van der Waals surface area contributed by atoms with Crippen LogP contribution in [0.25, 0.3) is 22.6 Å². The van der Waals surface area contributed by atoms with Crippen molar-refractivity contribution in [3.8, 4) is 23.0 Å². The lowest BCUT2D eigenvalue weighted by atomic mass is 9.80. The fraction of sp³-hybridized carbons (Fsp3) is 0.409. The summed E-state index contributed by atoms with van der Waals surface area (Å²) >= 11 is 0. The highest BCUT2D eigenvalue weighted by Crippen LogP contribution is 2.40. The van der Waals surface area contributed by atoms with Gasteiger partial charge in [0.2, 0.25) is 5.89 Å². The first kappa shape index (κ1) is 18.3. The Balaban J connectivity index is 2.29. The van der Waals surface area contributed by atoms with Gasteiger partial charge in [-0.15, -0.1) is 0 Å². The second kappa shape index (κ2) is 6.04. The fourth-order valence-electron chi connectivity index (χ4n) is 3.00. The normalized spacial score (nSPS) is 12.6. The number of methoxy groups -OCH3 is 1. The number of phenols is 1. The SMILES string of the molecule is COc1cccc(-c2nc3cc(C(C)(C)C)cc(C(C)(C)C)c3o2)c1O. The van der Waals surface area contributed by atoms with Gasteiger partial charge in [0, 0.05) is 5.56 Å². The zero-order valence-corrected chi connectivity index (χ0v) is 16.6. The van der Waals surface area contributed by atoms with E-state index >= 15 is 0 Å². The summed E-state index contributed by atoms with van der Waals surface area (Å²) in [6.45, 7) is 13.1. The van der Waals surface area contributed by atoms with Gasteiger partial charge in [0.1, 0.15) is 5.52 Å². The lowest BCUT2D eigenvalue weighted by molar-refractivity contribution is 0.373. The van der Waals surface area contributed by atoms with Crippen molar-refractivity contribution in [3.63, 3.8) is 0 Å². The zero-order valence-electron chi connectivity index (χ0n) is 16.6. The molecule has 3 rings (SSSR count). The number of rotatable bonds is 2. The molecule has 0 aliphatic carbocycles.